The maximum atomic E-state index is 6.08. The summed E-state index contributed by atoms with van der Waals surface area (Å²) >= 11 is 6.08. The van der Waals surface area contributed by atoms with E-state index in [0.717, 1.165) is 12.2 Å². The van der Waals surface area contributed by atoms with Gasteiger partial charge in [0, 0.05) is 18.8 Å². The summed E-state index contributed by atoms with van der Waals surface area (Å²) in [4.78, 5) is 4.32. The zero-order valence-corrected chi connectivity index (χ0v) is 9.50. The first-order valence-corrected chi connectivity index (χ1v) is 5.56. The lowest BCUT2D eigenvalue weighted by molar-refractivity contribution is 0.190. The van der Waals surface area contributed by atoms with E-state index in [9.17, 15) is 0 Å². The molecule has 2 rings (SSSR count). The number of aromatic nitrogens is 1. The molecule has 1 aliphatic heterocycles. The van der Waals surface area contributed by atoms with Crippen LogP contribution in [0.15, 0.2) is 18.3 Å². The van der Waals surface area contributed by atoms with Gasteiger partial charge >= 0.3 is 0 Å². The van der Waals surface area contributed by atoms with Crippen LogP contribution in [0.4, 0.5) is 0 Å². The van der Waals surface area contributed by atoms with Crippen LogP contribution in [0.2, 0.25) is 0 Å². The molecular formula is C11H15ClN2O. The number of pyridine rings is 1. The van der Waals surface area contributed by atoms with Gasteiger partial charge in [0.25, 0.3) is 0 Å². The van der Waals surface area contributed by atoms with Crippen LogP contribution in [-0.4, -0.2) is 29.6 Å². The standard InChI is InChI=1S/C11H15ClN2O/c1-8-3-2-4-13-10(8)5-14-11-7-15-6-9(11)12/h2-4,9,11,14H,5-7H2,1H3. The first-order valence-electron chi connectivity index (χ1n) is 5.13. The number of nitrogens with zero attached hydrogens (tertiary/aromatic N) is 1. The van der Waals surface area contributed by atoms with Gasteiger partial charge in [0.2, 0.25) is 0 Å². The Kier molecular flexibility index (Phi) is 3.57. The third kappa shape index (κ3) is 2.68. The Morgan fingerprint density at radius 3 is 3.13 bits per heavy atom. The Morgan fingerprint density at radius 2 is 2.47 bits per heavy atom. The predicted molar refractivity (Wildman–Crippen MR) is 60.1 cm³/mol. The average Bonchev–Trinajstić information content (AvgIpc) is 2.63. The minimum Gasteiger partial charge on any atom is -0.378 e. The Labute approximate surface area is 94.8 Å². The number of nitrogens with one attached hydrogen (secondary N) is 1. The molecule has 1 aliphatic rings. The smallest absolute Gasteiger partial charge is 0.0745 e. The highest BCUT2D eigenvalue weighted by molar-refractivity contribution is 6.21. The number of halogens is 1. The average molecular weight is 227 g/mol. The first-order chi connectivity index (χ1) is 7.27. The molecule has 0 saturated carbocycles. The maximum Gasteiger partial charge on any atom is 0.0745 e. The quantitative estimate of drug-likeness (QED) is 0.793. The molecule has 0 bridgehead atoms. The molecule has 2 heterocycles. The molecule has 0 aliphatic carbocycles. The van der Waals surface area contributed by atoms with Gasteiger partial charge in [0.15, 0.2) is 0 Å². The number of rotatable bonds is 3. The van der Waals surface area contributed by atoms with E-state index in [1.165, 1.54) is 5.56 Å². The Balaban J connectivity index is 1.90. The molecule has 82 valence electrons. The zero-order valence-electron chi connectivity index (χ0n) is 8.74. The lowest BCUT2D eigenvalue weighted by atomic mass is 10.2. The molecular weight excluding hydrogens is 212 g/mol. The second-order valence-corrected chi connectivity index (χ2v) is 4.37. The van der Waals surface area contributed by atoms with Gasteiger partial charge in [-0.25, -0.2) is 0 Å². The molecule has 1 aromatic heterocycles. The summed E-state index contributed by atoms with van der Waals surface area (Å²) < 4.78 is 5.27. The lowest BCUT2D eigenvalue weighted by Gasteiger charge is -2.14. The van der Waals surface area contributed by atoms with Gasteiger partial charge in [-0.05, 0) is 18.6 Å². The second kappa shape index (κ2) is 4.92. The Hall–Kier alpha value is -0.640. The monoisotopic (exact) mass is 226 g/mol. The normalized spacial score (nSPS) is 25.7. The summed E-state index contributed by atoms with van der Waals surface area (Å²) in [6.45, 7) is 4.15. The highest BCUT2D eigenvalue weighted by atomic mass is 35.5. The van der Waals surface area contributed by atoms with E-state index in [4.69, 9.17) is 16.3 Å². The van der Waals surface area contributed by atoms with Crippen molar-refractivity contribution in [3.8, 4) is 0 Å². The van der Waals surface area contributed by atoms with E-state index in [-0.39, 0.29) is 11.4 Å². The van der Waals surface area contributed by atoms with Crippen molar-refractivity contribution in [2.75, 3.05) is 13.2 Å². The second-order valence-electron chi connectivity index (χ2n) is 3.81. The van der Waals surface area contributed by atoms with Crippen LogP contribution in [0.25, 0.3) is 0 Å². The SMILES string of the molecule is Cc1cccnc1CNC1COCC1Cl. The van der Waals surface area contributed by atoms with Gasteiger partial charge in [-0.15, -0.1) is 11.6 Å². The van der Waals surface area contributed by atoms with Crippen molar-refractivity contribution in [1.29, 1.82) is 0 Å². The van der Waals surface area contributed by atoms with E-state index in [0.29, 0.717) is 13.2 Å². The number of hydrogen-bond acceptors (Lipinski definition) is 3. The van der Waals surface area contributed by atoms with Crippen LogP contribution in [-0.2, 0) is 11.3 Å². The van der Waals surface area contributed by atoms with E-state index >= 15 is 0 Å². The van der Waals surface area contributed by atoms with Crippen molar-refractivity contribution < 1.29 is 4.74 Å². The van der Waals surface area contributed by atoms with E-state index in [2.05, 4.69) is 23.3 Å². The molecule has 0 spiro atoms. The third-order valence-corrected chi connectivity index (χ3v) is 3.09. The molecule has 0 amide bonds. The molecule has 1 saturated heterocycles. The largest absolute Gasteiger partial charge is 0.378 e. The molecule has 1 aromatic rings. The fourth-order valence-electron chi connectivity index (χ4n) is 1.65. The lowest BCUT2D eigenvalue weighted by Crippen LogP contribution is -2.36. The molecule has 0 radical (unpaired) electrons. The number of ether oxygens (including phenoxy) is 1. The molecule has 0 aromatic carbocycles. The van der Waals surface area contributed by atoms with Gasteiger partial charge in [-0.1, -0.05) is 6.07 Å². The van der Waals surface area contributed by atoms with Crippen LogP contribution >= 0.6 is 11.6 Å². The molecule has 2 unspecified atom stereocenters. The van der Waals surface area contributed by atoms with Gasteiger partial charge in [0.1, 0.15) is 0 Å². The highest BCUT2D eigenvalue weighted by Gasteiger charge is 2.25. The van der Waals surface area contributed by atoms with Crippen LogP contribution < -0.4 is 5.32 Å². The molecule has 3 nitrogen and oxygen atoms in total. The molecule has 1 N–H and O–H groups in total. The van der Waals surface area contributed by atoms with Gasteiger partial charge in [0.05, 0.1) is 24.3 Å². The maximum absolute atomic E-state index is 6.08. The summed E-state index contributed by atoms with van der Waals surface area (Å²) in [6, 6.07) is 4.25. The topological polar surface area (TPSA) is 34.2 Å². The van der Waals surface area contributed by atoms with Crippen LogP contribution in [0, 0.1) is 6.92 Å². The van der Waals surface area contributed by atoms with Crippen molar-refractivity contribution in [3.63, 3.8) is 0 Å². The summed E-state index contributed by atoms with van der Waals surface area (Å²) in [5, 5.41) is 3.45. The fourth-order valence-corrected chi connectivity index (χ4v) is 1.90. The van der Waals surface area contributed by atoms with E-state index in [1.807, 2.05) is 12.3 Å². The van der Waals surface area contributed by atoms with Crippen molar-refractivity contribution >= 4 is 11.6 Å². The van der Waals surface area contributed by atoms with Crippen LogP contribution in [0.1, 0.15) is 11.3 Å². The van der Waals surface area contributed by atoms with Gasteiger partial charge < -0.3 is 10.1 Å². The molecule has 2 atom stereocenters. The summed E-state index contributed by atoms with van der Waals surface area (Å²) in [6.07, 6.45) is 1.81. The molecule has 4 heteroatoms. The van der Waals surface area contributed by atoms with E-state index in [1.54, 1.807) is 0 Å². The van der Waals surface area contributed by atoms with Crippen LogP contribution in [0.3, 0.4) is 0 Å². The highest BCUT2D eigenvalue weighted by Crippen LogP contribution is 2.13. The Morgan fingerprint density at radius 1 is 1.60 bits per heavy atom. The van der Waals surface area contributed by atoms with Crippen molar-refractivity contribution in [1.82, 2.24) is 10.3 Å². The summed E-state index contributed by atoms with van der Waals surface area (Å²) in [5.41, 5.74) is 2.28. The number of hydrogen-bond donors (Lipinski definition) is 1. The number of alkyl halides is 1. The van der Waals surface area contributed by atoms with Crippen molar-refractivity contribution in [2.24, 2.45) is 0 Å². The molecule has 15 heavy (non-hydrogen) atoms. The minimum atomic E-state index is 0.0778. The van der Waals surface area contributed by atoms with Crippen molar-refractivity contribution in [2.45, 2.75) is 24.9 Å². The van der Waals surface area contributed by atoms with Gasteiger partial charge in [-0.3, -0.25) is 4.98 Å². The summed E-state index contributed by atoms with van der Waals surface area (Å²) in [7, 11) is 0. The van der Waals surface area contributed by atoms with Gasteiger partial charge in [-0.2, -0.15) is 0 Å². The number of aryl methyl sites for hydroxylation is 1. The zero-order chi connectivity index (χ0) is 10.7. The summed E-state index contributed by atoms with van der Waals surface area (Å²) in [5.74, 6) is 0. The van der Waals surface area contributed by atoms with E-state index < -0.39 is 0 Å². The third-order valence-electron chi connectivity index (χ3n) is 2.66. The minimum absolute atomic E-state index is 0.0778. The van der Waals surface area contributed by atoms with Crippen molar-refractivity contribution in [3.05, 3.63) is 29.6 Å². The van der Waals surface area contributed by atoms with Crippen LogP contribution in [0.5, 0.6) is 0 Å². The molecule has 1 fully saturated rings. The Bertz CT molecular complexity index is 332. The first kappa shape index (κ1) is 10.9. The fraction of sp³-hybridized carbons (Fsp3) is 0.545. The predicted octanol–water partition coefficient (Wildman–Crippen LogP) is 1.49.